The highest BCUT2D eigenvalue weighted by atomic mass is 32.2. The van der Waals surface area contributed by atoms with E-state index in [1.807, 2.05) is 0 Å². The number of hydrogen-bond acceptors (Lipinski definition) is 6. The molecule has 0 fully saturated rings. The number of unbranched alkanes of at least 4 members (excludes halogenated alkanes) is 4. The lowest BCUT2D eigenvalue weighted by Gasteiger charge is -2.23. The largest absolute Gasteiger partial charge is 0.382 e. The van der Waals surface area contributed by atoms with Crippen molar-refractivity contribution in [1.29, 1.82) is 0 Å². The quantitative estimate of drug-likeness (QED) is 0.179. The van der Waals surface area contributed by atoms with E-state index in [0.717, 1.165) is 38.5 Å². The second-order valence-corrected chi connectivity index (χ2v) is 10.6. The van der Waals surface area contributed by atoms with Gasteiger partial charge in [-0.05, 0) is 25.0 Å². The van der Waals surface area contributed by atoms with Crippen LogP contribution in [0, 0.1) is 0 Å². The van der Waals surface area contributed by atoms with E-state index in [1.165, 1.54) is 23.5 Å². The van der Waals surface area contributed by atoms with Gasteiger partial charge in [0.2, 0.25) is 0 Å². The molecular formula is C26H32O4S2. The minimum Gasteiger partial charge on any atom is -0.382 e. The summed E-state index contributed by atoms with van der Waals surface area (Å²) in [6, 6.07) is 10.5. The van der Waals surface area contributed by atoms with Gasteiger partial charge in [0.25, 0.3) is 0 Å². The van der Waals surface area contributed by atoms with Crippen LogP contribution in [-0.4, -0.2) is 32.7 Å². The molecule has 2 N–H and O–H groups in total. The van der Waals surface area contributed by atoms with Crippen LogP contribution >= 0.6 is 23.5 Å². The molecule has 172 valence electrons. The Bertz CT molecular complexity index is 879. The normalized spacial score (nSPS) is 14.8. The van der Waals surface area contributed by atoms with E-state index in [1.54, 1.807) is 36.4 Å². The second kappa shape index (κ2) is 12.0. The van der Waals surface area contributed by atoms with E-state index in [-0.39, 0.29) is 11.6 Å². The standard InChI is InChI=1S/C26H32O4S2/c1-3-5-7-15-21(27)31-19-13-9-11-17-23(19)25(29)18-12-10-14-20(24(18)26(17)30)32-22(28)16-8-6-4-2/h9-14,21-22,27-28H,3-8,15-16H2,1-2H3. The number of rotatable bonds is 12. The minimum atomic E-state index is -0.613. The topological polar surface area (TPSA) is 74.6 Å². The Morgan fingerprint density at radius 1 is 0.688 bits per heavy atom. The highest BCUT2D eigenvalue weighted by molar-refractivity contribution is 8.00. The first-order valence-corrected chi connectivity index (χ1v) is 13.3. The first kappa shape index (κ1) is 25.0. The molecule has 32 heavy (non-hydrogen) atoms. The van der Waals surface area contributed by atoms with Crippen molar-refractivity contribution in [2.75, 3.05) is 0 Å². The smallest absolute Gasteiger partial charge is 0.195 e. The maximum Gasteiger partial charge on any atom is 0.195 e. The van der Waals surface area contributed by atoms with E-state index < -0.39 is 10.9 Å². The van der Waals surface area contributed by atoms with Crippen LogP contribution in [0.2, 0.25) is 0 Å². The number of hydrogen-bond donors (Lipinski definition) is 2. The summed E-state index contributed by atoms with van der Waals surface area (Å²) in [7, 11) is 0. The number of fused-ring (bicyclic) bond motifs is 2. The van der Waals surface area contributed by atoms with Crippen LogP contribution in [0.3, 0.4) is 0 Å². The molecule has 0 amide bonds. The number of aliphatic hydroxyl groups is 2. The third-order valence-corrected chi connectivity index (χ3v) is 7.83. The lowest BCUT2D eigenvalue weighted by molar-refractivity contribution is 0.0974. The van der Waals surface area contributed by atoms with E-state index >= 15 is 0 Å². The van der Waals surface area contributed by atoms with Gasteiger partial charge in [0, 0.05) is 32.0 Å². The maximum atomic E-state index is 13.4. The number of ketones is 2. The molecule has 1 aliphatic carbocycles. The van der Waals surface area contributed by atoms with Crippen molar-refractivity contribution in [3.63, 3.8) is 0 Å². The molecule has 1 aliphatic rings. The number of benzene rings is 2. The summed E-state index contributed by atoms with van der Waals surface area (Å²) in [4.78, 5) is 28.2. The Balaban J connectivity index is 1.87. The maximum absolute atomic E-state index is 13.4. The Morgan fingerprint density at radius 3 is 1.47 bits per heavy atom. The van der Waals surface area contributed by atoms with Crippen molar-refractivity contribution in [2.24, 2.45) is 0 Å². The molecule has 0 aliphatic heterocycles. The number of carbonyl (C=O) groups is 2. The van der Waals surface area contributed by atoms with Gasteiger partial charge in [-0.2, -0.15) is 0 Å². The average molecular weight is 473 g/mol. The third-order valence-electron chi connectivity index (χ3n) is 5.63. The summed E-state index contributed by atoms with van der Waals surface area (Å²) in [5, 5.41) is 20.9. The molecule has 4 nitrogen and oxygen atoms in total. The fraction of sp³-hybridized carbons (Fsp3) is 0.462. The van der Waals surface area contributed by atoms with Crippen molar-refractivity contribution >= 4 is 35.1 Å². The van der Waals surface area contributed by atoms with E-state index in [0.29, 0.717) is 44.9 Å². The van der Waals surface area contributed by atoms with Crippen molar-refractivity contribution < 1.29 is 19.8 Å². The zero-order valence-corrected chi connectivity index (χ0v) is 20.4. The number of carbonyl (C=O) groups excluding carboxylic acids is 2. The second-order valence-electron chi connectivity index (χ2n) is 8.15. The fourth-order valence-corrected chi connectivity index (χ4v) is 6.03. The van der Waals surface area contributed by atoms with Crippen LogP contribution in [0.25, 0.3) is 0 Å². The zero-order chi connectivity index (χ0) is 23.1. The summed E-state index contributed by atoms with van der Waals surface area (Å²) in [5.41, 5.74) is 0.295. The van der Waals surface area contributed by atoms with Gasteiger partial charge >= 0.3 is 0 Å². The number of aliphatic hydroxyl groups excluding tert-OH is 2. The SMILES string of the molecule is CCCCCC(O)Sc1cccc2c1C(=O)c1cccc(SC(O)CCCCC)c1C2=O. The highest BCUT2D eigenvalue weighted by Gasteiger charge is 2.34. The van der Waals surface area contributed by atoms with Crippen LogP contribution in [0.4, 0.5) is 0 Å². The lowest BCUT2D eigenvalue weighted by atomic mass is 9.84. The molecule has 3 rings (SSSR count). The van der Waals surface area contributed by atoms with Gasteiger partial charge in [0.15, 0.2) is 11.6 Å². The molecule has 2 aromatic carbocycles. The first-order valence-electron chi connectivity index (χ1n) is 11.5. The van der Waals surface area contributed by atoms with Crippen LogP contribution < -0.4 is 0 Å². The van der Waals surface area contributed by atoms with E-state index in [4.69, 9.17) is 0 Å². The van der Waals surface area contributed by atoms with Gasteiger partial charge in [-0.15, -0.1) is 0 Å². The van der Waals surface area contributed by atoms with Crippen molar-refractivity contribution in [2.45, 2.75) is 85.9 Å². The average Bonchev–Trinajstić information content (AvgIpc) is 2.77. The Hall–Kier alpha value is -1.60. The summed E-state index contributed by atoms with van der Waals surface area (Å²) in [6.45, 7) is 4.23. The fourth-order valence-electron chi connectivity index (χ4n) is 3.92. The molecule has 0 saturated carbocycles. The predicted molar refractivity (Wildman–Crippen MR) is 132 cm³/mol. The van der Waals surface area contributed by atoms with E-state index in [9.17, 15) is 19.8 Å². The summed E-state index contributed by atoms with van der Waals surface area (Å²) in [5.74, 6) is -0.386. The van der Waals surface area contributed by atoms with Gasteiger partial charge in [0.1, 0.15) is 10.9 Å². The van der Waals surface area contributed by atoms with Crippen LogP contribution in [0.15, 0.2) is 46.2 Å². The van der Waals surface area contributed by atoms with Crippen molar-refractivity contribution in [1.82, 2.24) is 0 Å². The molecular weight excluding hydrogens is 440 g/mol. The van der Waals surface area contributed by atoms with Crippen molar-refractivity contribution in [3.05, 3.63) is 58.7 Å². The summed E-state index contributed by atoms with van der Waals surface area (Å²) >= 11 is 2.50. The molecule has 2 aromatic rings. The zero-order valence-electron chi connectivity index (χ0n) is 18.8. The molecule has 0 spiro atoms. The molecule has 0 radical (unpaired) electrons. The highest BCUT2D eigenvalue weighted by Crippen LogP contribution is 2.40. The molecule has 2 atom stereocenters. The van der Waals surface area contributed by atoms with Gasteiger partial charge in [-0.3, -0.25) is 9.59 Å². The first-order chi connectivity index (χ1) is 15.5. The van der Waals surface area contributed by atoms with Gasteiger partial charge < -0.3 is 10.2 Å². The molecule has 2 unspecified atom stereocenters. The monoisotopic (exact) mass is 472 g/mol. The molecule has 0 bridgehead atoms. The molecule has 0 aromatic heterocycles. The molecule has 0 saturated heterocycles. The van der Waals surface area contributed by atoms with E-state index in [2.05, 4.69) is 13.8 Å². The molecule has 6 heteroatoms. The summed E-state index contributed by atoms with van der Waals surface area (Å²) < 4.78 is 0. The Labute approximate surface area is 199 Å². The van der Waals surface area contributed by atoms with Crippen LogP contribution in [0.5, 0.6) is 0 Å². The third kappa shape index (κ3) is 5.84. The predicted octanol–water partition coefficient (Wildman–Crippen LogP) is 6.44. The van der Waals surface area contributed by atoms with Crippen molar-refractivity contribution in [3.8, 4) is 0 Å². The van der Waals surface area contributed by atoms with Gasteiger partial charge in [-0.1, -0.05) is 100 Å². The van der Waals surface area contributed by atoms with Gasteiger partial charge in [-0.25, -0.2) is 0 Å². The van der Waals surface area contributed by atoms with Crippen LogP contribution in [0.1, 0.15) is 97.1 Å². The Morgan fingerprint density at radius 2 is 1.09 bits per heavy atom. The van der Waals surface area contributed by atoms with Crippen LogP contribution in [-0.2, 0) is 0 Å². The summed E-state index contributed by atoms with van der Waals surface area (Å²) in [6.07, 6.45) is 7.42. The minimum absolute atomic E-state index is 0.193. The molecule has 0 heterocycles. The van der Waals surface area contributed by atoms with Gasteiger partial charge in [0.05, 0.1) is 0 Å². The number of thioether (sulfide) groups is 2. The lowest BCUT2D eigenvalue weighted by Crippen LogP contribution is -2.23. The Kier molecular flexibility index (Phi) is 9.41.